The molecule has 106 valence electrons. The highest BCUT2D eigenvalue weighted by Crippen LogP contribution is 2.19. The summed E-state index contributed by atoms with van der Waals surface area (Å²) < 4.78 is 7.90. The van der Waals surface area contributed by atoms with Gasteiger partial charge in [0.05, 0.1) is 24.2 Å². The number of ether oxygens (including phenoxy) is 1. The van der Waals surface area contributed by atoms with E-state index >= 15 is 0 Å². The number of hydrogen-bond acceptors (Lipinski definition) is 3. The minimum atomic E-state index is -0.306. The van der Waals surface area contributed by atoms with E-state index < -0.39 is 0 Å². The van der Waals surface area contributed by atoms with E-state index in [1.165, 1.54) is 0 Å². The van der Waals surface area contributed by atoms with E-state index in [1.807, 2.05) is 28.9 Å². The number of nitrogens with zero attached hydrogens (tertiary/aromatic N) is 2. The molecule has 2 rings (SSSR count). The van der Waals surface area contributed by atoms with E-state index in [4.69, 9.17) is 4.74 Å². The molecule has 0 atom stereocenters. The number of halogens is 1. The number of esters is 1. The summed E-state index contributed by atoms with van der Waals surface area (Å²) in [6.45, 7) is 4.25. The Labute approximate surface area is 126 Å². The van der Waals surface area contributed by atoms with E-state index in [-0.39, 0.29) is 5.97 Å². The summed E-state index contributed by atoms with van der Waals surface area (Å²) in [5, 5.41) is 4.34. The predicted octanol–water partition coefficient (Wildman–Crippen LogP) is 3.76. The lowest BCUT2D eigenvalue weighted by Crippen LogP contribution is -2.09. The van der Waals surface area contributed by atoms with Crippen LogP contribution in [0.1, 0.15) is 36.3 Å². The Bertz CT molecular complexity index is 590. The quantitative estimate of drug-likeness (QED) is 0.780. The largest absolute Gasteiger partial charge is 0.462 e. The molecule has 4 nitrogen and oxygen atoms in total. The molecule has 0 fully saturated rings. The topological polar surface area (TPSA) is 44.1 Å². The number of carbonyl (C=O) groups excluding carboxylic acids is 1. The smallest absolute Gasteiger partial charge is 0.341 e. The van der Waals surface area contributed by atoms with Crippen LogP contribution >= 0.6 is 15.9 Å². The van der Waals surface area contributed by atoms with Crippen LogP contribution < -0.4 is 0 Å². The Morgan fingerprint density at radius 2 is 2.00 bits per heavy atom. The van der Waals surface area contributed by atoms with Crippen molar-refractivity contribution in [1.82, 2.24) is 9.78 Å². The van der Waals surface area contributed by atoms with Gasteiger partial charge in [-0.15, -0.1) is 0 Å². The molecule has 1 aromatic heterocycles. The van der Waals surface area contributed by atoms with Crippen molar-refractivity contribution in [2.24, 2.45) is 0 Å². The van der Waals surface area contributed by atoms with Gasteiger partial charge in [-0.1, -0.05) is 29.3 Å². The minimum Gasteiger partial charge on any atom is -0.462 e. The number of aromatic nitrogens is 2. The Morgan fingerprint density at radius 1 is 1.30 bits per heavy atom. The lowest BCUT2D eigenvalue weighted by molar-refractivity contribution is 0.0525. The maximum Gasteiger partial charge on any atom is 0.341 e. The van der Waals surface area contributed by atoms with Crippen LogP contribution in [-0.2, 0) is 11.2 Å². The van der Waals surface area contributed by atoms with Crippen LogP contribution in [0, 0.1) is 0 Å². The van der Waals surface area contributed by atoms with Crippen LogP contribution in [0.15, 0.2) is 34.9 Å². The van der Waals surface area contributed by atoms with Crippen LogP contribution in [0.4, 0.5) is 0 Å². The van der Waals surface area contributed by atoms with Crippen molar-refractivity contribution in [2.75, 3.05) is 6.61 Å². The SMILES string of the molecule is CCCc1c(C(=O)OCC)cnn1-c1ccc(Br)cc1. The van der Waals surface area contributed by atoms with Crippen molar-refractivity contribution in [1.29, 1.82) is 0 Å². The molecule has 0 amide bonds. The first kappa shape index (κ1) is 14.8. The second-order valence-electron chi connectivity index (χ2n) is 4.36. The first-order chi connectivity index (χ1) is 9.67. The zero-order valence-corrected chi connectivity index (χ0v) is 13.2. The molecular formula is C15H17BrN2O2. The summed E-state index contributed by atoms with van der Waals surface area (Å²) in [6, 6.07) is 7.84. The van der Waals surface area contributed by atoms with Crippen molar-refractivity contribution in [3.8, 4) is 5.69 Å². The van der Waals surface area contributed by atoms with Crippen LogP contribution in [0.3, 0.4) is 0 Å². The fourth-order valence-corrected chi connectivity index (χ4v) is 2.30. The molecule has 0 N–H and O–H groups in total. The van der Waals surface area contributed by atoms with Crippen LogP contribution in [0.25, 0.3) is 5.69 Å². The molecule has 1 heterocycles. The van der Waals surface area contributed by atoms with Gasteiger partial charge in [-0.05, 0) is 37.6 Å². The molecule has 0 saturated heterocycles. The first-order valence-corrected chi connectivity index (χ1v) is 7.46. The monoisotopic (exact) mass is 336 g/mol. The van der Waals surface area contributed by atoms with Crippen LogP contribution in [0.5, 0.6) is 0 Å². The van der Waals surface area contributed by atoms with E-state index in [2.05, 4.69) is 28.0 Å². The van der Waals surface area contributed by atoms with Gasteiger partial charge in [0.1, 0.15) is 5.56 Å². The molecule has 1 aromatic carbocycles. The third kappa shape index (κ3) is 3.10. The summed E-state index contributed by atoms with van der Waals surface area (Å²) in [4.78, 5) is 12.0. The molecule has 0 unspecified atom stereocenters. The van der Waals surface area contributed by atoms with Crippen molar-refractivity contribution in [3.05, 3.63) is 46.2 Å². The number of carbonyl (C=O) groups is 1. The second-order valence-corrected chi connectivity index (χ2v) is 5.28. The maximum atomic E-state index is 12.0. The Morgan fingerprint density at radius 3 is 2.60 bits per heavy atom. The third-order valence-electron chi connectivity index (χ3n) is 2.92. The van der Waals surface area contributed by atoms with Crippen molar-refractivity contribution in [3.63, 3.8) is 0 Å². The summed E-state index contributed by atoms with van der Waals surface area (Å²) in [5.74, 6) is -0.306. The van der Waals surface area contributed by atoms with Gasteiger partial charge in [-0.3, -0.25) is 0 Å². The molecule has 2 aromatic rings. The van der Waals surface area contributed by atoms with Gasteiger partial charge in [-0.2, -0.15) is 5.10 Å². The summed E-state index contributed by atoms with van der Waals surface area (Å²) >= 11 is 3.41. The minimum absolute atomic E-state index is 0.306. The zero-order chi connectivity index (χ0) is 14.5. The van der Waals surface area contributed by atoms with Crippen molar-refractivity contribution >= 4 is 21.9 Å². The Balaban J connectivity index is 2.43. The fraction of sp³-hybridized carbons (Fsp3) is 0.333. The standard InChI is InChI=1S/C15H17BrN2O2/c1-3-5-14-13(15(19)20-4-2)10-17-18(14)12-8-6-11(16)7-9-12/h6-10H,3-5H2,1-2H3. The highest BCUT2D eigenvalue weighted by atomic mass is 79.9. The number of hydrogen-bond donors (Lipinski definition) is 0. The third-order valence-corrected chi connectivity index (χ3v) is 3.45. The van der Waals surface area contributed by atoms with Crippen LogP contribution in [0.2, 0.25) is 0 Å². The molecule has 0 radical (unpaired) electrons. The maximum absolute atomic E-state index is 12.0. The zero-order valence-electron chi connectivity index (χ0n) is 11.6. The van der Waals surface area contributed by atoms with Crippen LogP contribution in [-0.4, -0.2) is 22.4 Å². The van der Waals surface area contributed by atoms with E-state index in [1.54, 1.807) is 13.1 Å². The van der Waals surface area contributed by atoms with Gasteiger partial charge in [0.25, 0.3) is 0 Å². The van der Waals surface area contributed by atoms with Crippen molar-refractivity contribution < 1.29 is 9.53 Å². The van der Waals surface area contributed by atoms with Gasteiger partial charge >= 0.3 is 5.97 Å². The number of rotatable bonds is 5. The highest BCUT2D eigenvalue weighted by Gasteiger charge is 2.18. The average molecular weight is 337 g/mol. The summed E-state index contributed by atoms with van der Waals surface area (Å²) in [7, 11) is 0. The average Bonchev–Trinajstić information content (AvgIpc) is 2.84. The predicted molar refractivity (Wildman–Crippen MR) is 81.2 cm³/mol. The van der Waals surface area contributed by atoms with E-state index in [0.29, 0.717) is 12.2 Å². The van der Waals surface area contributed by atoms with E-state index in [9.17, 15) is 4.79 Å². The first-order valence-electron chi connectivity index (χ1n) is 6.67. The summed E-state index contributed by atoms with van der Waals surface area (Å²) in [6.07, 6.45) is 3.31. The van der Waals surface area contributed by atoms with Gasteiger partial charge < -0.3 is 4.74 Å². The van der Waals surface area contributed by atoms with Gasteiger partial charge in [0, 0.05) is 4.47 Å². The molecule has 0 bridgehead atoms. The molecule has 0 aliphatic carbocycles. The van der Waals surface area contributed by atoms with Gasteiger partial charge in [0.15, 0.2) is 0 Å². The molecule has 20 heavy (non-hydrogen) atoms. The fourth-order valence-electron chi connectivity index (χ4n) is 2.04. The number of benzene rings is 1. The molecule has 0 aliphatic heterocycles. The molecule has 0 spiro atoms. The molecule has 0 aliphatic rings. The van der Waals surface area contributed by atoms with E-state index in [0.717, 1.165) is 28.7 Å². The highest BCUT2D eigenvalue weighted by molar-refractivity contribution is 9.10. The van der Waals surface area contributed by atoms with Crippen molar-refractivity contribution in [2.45, 2.75) is 26.7 Å². The molecular weight excluding hydrogens is 320 g/mol. The Hall–Kier alpha value is -1.62. The second kappa shape index (κ2) is 6.70. The lowest BCUT2D eigenvalue weighted by Gasteiger charge is -2.08. The molecule has 5 heteroatoms. The normalized spacial score (nSPS) is 10.6. The summed E-state index contributed by atoms with van der Waals surface area (Å²) in [5.41, 5.74) is 2.39. The van der Waals surface area contributed by atoms with Gasteiger partial charge in [-0.25, -0.2) is 9.48 Å². The Kier molecular flexibility index (Phi) is 4.95. The van der Waals surface area contributed by atoms with Gasteiger partial charge in [0.2, 0.25) is 0 Å². The molecule has 0 saturated carbocycles. The lowest BCUT2D eigenvalue weighted by atomic mass is 10.1.